The number of unbranched alkanes of at least 4 members (excludes halogenated alkanes) is 1. The number of fused-ring (bicyclic) bond motifs is 10. The van der Waals surface area contributed by atoms with Crippen LogP contribution < -0.4 is 21.3 Å². The maximum atomic E-state index is 2.71. The second-order valence-electron chi connectivity index (χ2n) is 24.4. The van der Waals surface area contributed by atoms with Crippen LogP contribution in [0.5, 0.6) is 0 Å². The van der Waals surface area contributed by atoms with E-state index in [2.05, 4.69) is 265 Å². The minimum atomic E-state index is -0.106. The van der Waals surface area contributed by atoms with Crippen molar-refractivity contribution in [3.63, 3.8) is 0 Å². The summed E-state index contributed by atoms with van der Waals surface area (Å²) < 4.78 is 5.03. The quantitative estimate of drug-likeness (QED) is 0.148. The Hall–Kier alpha value is -7.21. The second kappa shape index (κ2) is 17.4. The van der Waals surface area contributed by atoms with Gasteiger partial charge in [0.15, 0.2) is 0 Å². The molecule has 0 aliphatic carbocycles. The van der Waals surface area contributed by atoms with Crippen LogP contribution in [0.3, 0.4) is 0 Å². The van der Waals surface area contributed by atoms with Crippen LogP contribution >= 0.6 is 11.8 Å². The first-order chi connectivity index (χ1) is 36.1. The summed E-state index contributed by atoms with van der Waals surface area (Å²) >= 11 is 1.96. The Morgan fingerprint density at radius 1 is 0.440 bits per heavy atom. The first-order valence-electron chi connectivity index (χ1n) is 27.3. The molecule has 0 saturated heterocycles. The lowest BCUT2D eigenvalue weighted by atomic mass is 9.34. The lowest BCUT2D eigenvalue weighted by Gasteiger charge is -2.43. The Labute approximate surface area is 448 Å². The SMILES string of the molecule is CCCCc1cccc(-c2ccccc2)c1N1c2cc(-n3c4ccccc4c4cc(C(C)(C)C)ccc43)ccc2B2c3ccc(-n4c5ccccc5c5cc(C(C)(C)C)ccc54)cc3Sc3cc(C(C)(C)C)cc1c32. The minimum absolute atomic E-state index is 0.0117. The van der Waals surface area contributed by atoms with Gasteiger partial charge in [-0.1, -0.05) is 202 Å². The lowest BCUT2D eigenvalue weighted by Crippen LogP contribution is -2.60. The molecule has 75 heavy (non-hydrogen) atoms. The topological polar surface area (TPSA) is 13.1 Å². The van der Waals surface area contributed by atoms with Gasteiger partial charge in [0.25, 0.3) is 0 Å². The van der Waals surface area contributed by atoms with Gasteiger partial charge in [-0.3, -0.25) is 0 Å². The van der Waals surface area contributed by atoms with Crippen molar-refractivity contribution < 1.29 is 0 Å². The van der Waals surface area contributed by atoms with Gasteiger partial charge >= 0.3 is 0 Å². The number of anilines is 3. The van der Waals surface area contributed by atoms with E-state index in [0.29, 0.717) is 0 Å². The van der Waals surface area contributed by atoms with E-state index in [0.717, 1.165) is 24.9 Å². The van der Waals surface area contributed by atoms with Crippen LogP contribution in [0.15, 0.2) is 192 Å². The zero-order valence-electron chi connectivity index (χ0n) is 45.3. The molecule has 0 N–H and O–H groups in total. The maximum Gasteiger partial charge on any atom is 0.249 e. The summed E-state index contributed by atoms with van der Waals surface area (Å²) in [7, 11) is 0. The average Bonchev–Trinajstić information content (AvgIpc) is 3.94. The molecular formula is C70H66BN3S. The van der Waals surface area contributed by atoms with Crippen LogP contribution in [0.2, 0.25) is 0 Å². The molecule has 0 atom stereocenters. The molecule has 11 aromatic rings. The van der Waals surface area contributed by atoms with Gasteiger partial charge in [0.05, 0.1) is 27.8 Å². The second-order valence-corrected chi connectivity index (χ2v) is 25.5. The molecule has 2 aliphatic rings. The molecule has 4 heterocycles. The molecular weight excluding hydrogens is 926 g/mol. The van der Waals surface area contributed by atoms with Crippen LogP contribution in [0.4, 0.5) is 17.1 Å². The monoisotopic (exact) mass is 992 g/mol. The van der Waals surface area contributed by atoms with Crippen molar-refractivity contribution in [2.75, 3.05) is 4.90 Å². The molecule has 0 radical (unpaired) electrons. The van der Waals surface area contributed by atoms with E-state index in [1.54, 1.807) is 0 Å². The van der Waals surface area contributed by atoms with E-state index < -0.39 is 0 Å². The summed E-state index contributed by atoms with van der Waals surface area (Å²) in [6.07, 6.45) is 3.23. The van der Waals surface area contributed by atoms with Gasteiger partial charge in [0, 0.05) is 59.6 Å². The van der Waals surface area contributed by atoms with Crippen molar-refractivity contribution in [1.82, 2.24) is 9.13 Å². The highest BCUT2D eigenvalue weighted by Gasteiger charge is 2.43. The zero-order valence-corrected chi connectivity index (χ0v) is 46.1. The normalized spacial score (nSPS) is 13.5. The fourth-order valence-corrected chi connectivity index (χ4v) is 13.6. The van der Waals surface area contributed by atoms with Gasteiger partial charge in [-0.15, -0.1) is 0 Å². The zero-order chi connectivity index (χ0) is 51.7. The molecule has 0 fully saturated rings. The van der Waals surface area contributed by atoms with E-state index >= 15 is 0 Å². The molecule has 0 bridgehead atoms. The molecule has 0 amide bonds. The van der Waals surface area contributed by atoms with E-state index in [9.17, 15) is 0 Å². The third-order valence-electron chi connectivity index (χ3n) is 16.4. The first kappa shape index (κ1) is 47.5. The molecule has 2 aliphatic heterocycles. The van der Waals surface area contributed by atoms with E-state index in [1.807, 2.05) is 11.8 Å². The first-order valence-corrected chi connectivity index (χ1v) is 28.1. The van der Waals surface area contributed by atoms with Gasteiger partial charge in [-0.25, -0.2) is 0 Å². The molecule has 13 rings (SSSR count). The molecule has 5 heteroatoms. The van der Waals surface area contributed by atoms with Crippen molar-refractivity contribution in [2.45, 2.75) is 115 Å². The highest BCUT2D eigenvalue weighted by molar-refractivity contribution is 8.00. The highest BCUT2D eigenvalue weighted by Crippen LogP contribution is 2.49. The summed E-state index contributed by atoms with van der Waals surface area (Å²) in [5.41, 5.74) is 23.0. The standard InChI is InChI=1S/C70H66BN3S/c1-11-12-21-45-24-20-27-51(44-22-14-13-15-23-44)67(45)74-62-42-49(72-58-28-18-16-25-52(58)54-38-46(68(2,3)4)30-36-60(54)72)32-34-56(62)71-57-35-33-50(43-64(57)75-65-41-48(70(8,9)10)40-63(74)66(65)71)73-59-29-19-17-26-53(59)55-39-47(69(5,6)7)31-37-61(55)73/h13-20,22-43H,11-12,21H2,1-10H3. The van der Waals surface area contributed by atoms with Crippen LogP contribution in [0.1, 0.15) is 104 Å². The van der Waals surface area contributed by atoms with Gasteiger partial charge < -0.3 is 14.0 Å². The van der Waals surface area contributed by atoms with Gasteiger partial charge in [-0.2, -0.15) is 0 Å². The Kier molecular flexibility index (Phi) is 11.0. The summed E-state index contributed by atoms with van der Waals surface area (Å²) in [6, 6.07) is 70.3. The summed E-state index contributed by atoms with van der Waals surface area (Å²) in [4.78, 5) is 5.37. The van der Waals surface area contributed by atoms with E-state index in [4.69, 9.17) is 0 Å². The fraction of sp³-hybridized carbons (Fsp3) is 0.229. The molecule has 9 aromatic carbocycles. The number of para-hydroxylation sites is 3. The summed E-state index contributed by atoms with van der Waals surface area (Å²) in [6.45, 7) is 23.3. The Bertz CT molecular complexity index is 4100. The predicted molar refractivity (Wildman–Crippen MR) is 325 cm³/mol. The molecule has 370 valence electrons. The lowest BCUT2D eigenvalue weighted by molar-refractivity contribution is 0.589. The van der Waals surface area contributed by atoms with Crippen molar-refractivity contribution in [3.05, 3.63) is 204 Å². The molecule has 0 unspecified atom stereocenters. The fourth-order valence-electron chi connectivity index (χ4n) is 12.4. The Morgan fingerprint density at radius 2 is 1.00 bits per heavy atom. The highest BCUT2D eigenvalue weighted by atomic mass is 32.2. The van der Waals surface area contributed by atoms with Crippen LogP contribution in [0.25, 0.3) is 66.1 Å². The van der Waals surface area contributed by atoms with Gasteiger partial charge in [0.1, 0.15) is 0 Å². The van der Waals surface area contributed by atoms with Crippen molar-refractivity contribution in [2.24, 2.45) is 0 Å². The number of hydrogen-bond donors (Lipinski definition) is 0. The third kappa shape index (κ3) is 7.70. The number of benzene rings is 9. The molecule has 0 spiro atoms. The maximum absolute atomic E-state index is 2.71. The van der Waals surface area contributed by atoms with E-state index in [1.165, 1.54) is 126 Å². The predicted octanol–water partition coefficient (Wildman–Crippen LogP) is 17.5. The van der Waals surface area contributed by atoms with Crippen LogP contribution in [-0.2, 0) is 22.7 Å². The molecule has 3 nitrogen and oxygen atoms in total. The third-order valence-corrected chi connectivity index (χ3v) is 17.6. The molecule has 0 saturated carbocycles. The van der Waals surface area contributed by atoms with Gasteiger partial charge in [-0.05, 0) is 141 Å². The largest absolute Gasteiger partial charge is 0.310 e. The Morgan fingerprint density at radius 3 is 1.60 bits per heavy atom. The van der Waals surface area contributed by atoms with Crippen LogP contribution in [-0.4, -0.2) is 15.8 Å². The van der Waals surface area contributed by atoms with Crippen LogP contribution in [0, 0.1) is 0 Å². The number of hydrogen-bond acceptors (Lipinski definition) is 2. The van der Waals surface area contributed by atoms with E-state index in [-0.39, 0.29) is 23.0 Å². The van der Waals surface area contributed by atoms with Crippen molar-refractivity contribution in [1.29, 1.82) is 0 Å². The minimum Gasteiger partial charge on any atom is -0.310 e. The number of aromatic nitrogens is 2. The van der Waals surface area contributed by atoms with Crippen molar-refractivity contribution in [3.8, 4) is 22.5 Å². The number of rotatable bonds is 7. The number of aryl methyl sites for hydroxylation is 1. The summed E-state index contributed by atoms with van der Waals surface area (Å²) in [5.74, 6) is 0. The summed E-state index contributed by atoms with van der Waals surface area (Å²) in [5, 5.41) is 5.16. The van der Waals surface area contributed by atoms with Gasteiger partial charge in [0.2, 0.25) is 6.71 Å². The smallest absolute Gasteiger partial charge is 0.249 e. The average molecular weight is 992 g/mol. The number of nitrogens with zero attached hydrogens (tertiary/aromatic N) is 3. The van der Waals surface area contributed by atoms with Crippen molar-refractivity contribution >= 4 is 95.5 Å². The Balaban J connectivity index is 1.10. The molecule has 2 aromatic heterocycles.